The molecule has 5 nitrogen and oxygen atoms in total. The Labute approximate surface area is 138 Å². The molecular weight excluding hydrogens is 312 g/mol. The molecule has 0 spiro atoms. The van der Waals surface area contributed by atoms with Crippen LogP contribution in [0.15, 0.2) is 29.2 Å². The largest absolute Gasteiger partial charge is 0.338 e. The van der Waals surface area contributed by atoms with Crippen molar-refractivity contribution < 1.29 is 13.2 Å². The van der Waals surface area contributed by atoms with E-state index in [9.17, 15) is 13.2 Å². The number of benzene rings is 1. The van der Waals surface area contributed by atoms with E-state index in [-0.39, 0.29) is 10.8 Å². The van der Waals surface area contributed by atoms with Gasteiger partial charge in [0.05, 0.1) is 4.90 Å². The quantitative estimate of drug-likeness (QED) is 0.851. The lowest BCUT2D eigenvalue weighted by molar-refractivity contribution is 0.0788. The summed E-state index contributed by atoms with van der Waals surface area (Å²) in [6, 6.07) is 6.41. The van der Waals surface area contributed by atoms with Crippen molar-refractivity contribution in [1.29, 1.82) is 0 Å². The summed E-state index contributed by atoms with van der Waals surface area (Å²) in [5.74, 6) is 0.536. The number of amides is 1. The minimum absolute atomic E-state index is 0.00345. The summed E-state index contributed by atoms with van der Waals surface area (Å²) in [6.45, 7) is 4.89. The third-order valence-corrected chi connectivity index (χ3v) is 6.68. The van der Waals surface area contributed by atoms with Gasteiger partial charge in [0.1, 0.15) is 0 Å². The lowest BCUT2D eigenvalue weighted by Crippen LogP contribution is -2.35. The summed E-state index contributed by atoms with van der Waals surface area (Å²) in [5.41, 5.74) is 0.566. The number of piperidine rings is 1. The smallest absolute Gasteiger partial charge is 0.253 e. The fourth-order valence-corrected chi connectivity index (χ4v) is 4.84. The van der Waals surface area contributed by atoms with Gasteiger partial charge in [0.15, 0.2) is 0 Å². The molecule has 0 saturated carbocycles. The van der Waals surface area contributed by atoms with E-state index in [0.29, 0.717) is 24.6 Å². The van der Waals surface area contributed by atoms with Gasteiger partial charge in [-0.1, -0.05) is 13.3 Å². The molecule has 2 saturated heterocycles. The maximum Gasteiger partial charge on any atom is 0.253 e. The van der Waals surface area contributed by atoms with Crippen LogP contribution in [0, 0.1) is 5.92 Å². The van der Waals surface area contributed by atoms with Gasteiger partial charge in [-0.25, -0.2) is 8.42 Å². The average molecular weight is 336 g/mol. The van der Waals surface area contributed by atoms with Crippen molar-refractivity contribution in [2.45, 2.75) is 37.5 Å². The lowest BCUT2D eigenvalue weighted by atomic mass is 10.2. The van der Waals surface area contributed by atoms with Crippen LogP contribution in [0.3, 0.4) is 0 Å². The first-order chi connectivity index (χ1) is 11.0. The third kappa shape index (κ3) is 3.43. The second kappa shape index (κ2) is 6.61. The molecule has 1 unspecified atom stereocenters. The Bertz CT molecular complexity index is 664. The standard InChI is InChI=1S/C17H24N2O3S/c1-14-9-12-18(13-14)17(20)15-5-7-16(8-6-15)23(21,22)19-10-3-2-4-11-19/h5-8,14H,2-4,9-13H2,1H3. The zero-order chi connectivity index (χ0) is 16.4. The van der Waals surface area contributed by atoms with Crippen molar-refractivity contribution >= 4 is 15.9 Å². The minimum atomic E-state index is -3.42. The van der Waals surface area contributed by atoms with Crippen LogP contribution < -0.4 is 0 Å². The topological polar surface area (TPSA) is 57.7 Å². The fraction of sp³-hybridized carbons (Fsp3) is 0.588. The van der Waals surface area contributed by atoms with Crippen molar-refractivity contribution in [1.82, 2.24) is 9.21 Å². The van der Waals surface area contributed by atoms with Crippen LogP contribution in [0.25, 0.3) is 0 Å². The van der Waals surface area contributed by atoms with E-state index in [4.69, 9.17) is 0 Å². The van der Waals surface area contributed by atoms with Crippen molar-refractivity contribution in [2.75, 3.05) is 26.2 Å². The molecule has 2 fully saturated rings. The van der Waals surface area contributed by atoms with E-state index in [1.54, 1.807) is 28.6 Å². The highest BCUT2D eigenvalue weighted by molar-refractivity contribution is 7.89. The normalized spacial score (nSPS) is 23.2. The number of sulfonamides is 1. The van der Waals surface area contributed by atoms with Gasteiger partial charge in [0, 0.05) is 31.7 Å². The predicted molar refractivity (Wildman–Crippen MR) is 88.7 cm³/mol. The SMILES string of the molecule is CC1CCN(C(=O)c2ccc(S(=O)(=O)N3CCCCC3)cc2)C1. The summed E-state index contributed by atoms with van der Waals surface area (Å²) in [5, 5.41) is 0. The van der Waals surface area contributed by atoms with Gasteiger partial charge >= 0.3 is 0 Å². The molecule has 2 heterocycles. The van der Waals surface area contributed by atoms with Gasteiger partial charge in [0.25, 0.3) is 5.91 Å². The van der Waals surface area contributed by atoms with E-state index in [0.717, 1.165) is 38.8 Å². The van der Waals surface area contributed by atoms with Crippen molar-refractivity contribution in [3.8, 4) is 0 Å². The van der Waals surface area contributed by atoms with Gasteiger partial charge in [-0.2, -0.15) is 4.31 Å². The second-order valence-electron chi connectivity index (χ2n) is 6.63. The molecule has 1 aromatic carbocycles. The first-order valence-corrected chi connectivity index (χ1v) is 9.82. The number of nitrogens with zero attached hydrogens (tertiary/aromatic N) is 2. The minimum Gasteiger partial charge on any atom is -0.338 e. The molecule has 0 N–H and O–H groups in total. The Balaban J connectivity index is 1.75. The number of carbonyl (C=O) groups excluding carboxylic acids is 1. The van der Waals surface area contributed by atoms with Crippen molar-refractivity contribution in [3.05, 3.63) is 29.8 Å². The van der Waals surface area contributed by atoms with Gasteiger partial charge in [-0.3, -0.25) is 4.79 Å². The highest BCUT2D eigenvalue weighted by Gasteiger charge is 2.27. The molecule has 0 radical (unpaired) electrons. The Morgan fingerprint density at radius 1 is 1.04 bits per heavy atom. The third-order valence-electron chi connectivity index (χ3n) is 4.77. The van der Waals surface area contributed by atoms with Crippen molar-refractivity contribution in [3.63, 3.8) is 0 Å². The summed E-state index contributed by atoms with van der Waals surface area (Å²) in [4.78, 5) is 14.6. The van der Waals surface area contributed by atoms with Crippen LogP contribution in [0.1, 0.15) is 43.0 Å². The maximum atomic E-state index is 12.6. The van der Waals surface area contributed by atoms with Gasteiger partial charge in [-0.05, 0) is 49.4 Å². The summed E-state index contributed by atoms with van der Waals surface area (Å²) in [7, 11) is -3.42. The highest BCUT2D eigenvalue weighted by Crippen LogP contribution is 2.22. The lowest BCUT2D eigenvalue weighted by Gasteiger charge is -2.26. The van der Waals surface area contributed by atoms with Gasteiger partial charge < -0.3 is 4.90 Å². The van der Waals surface area contributed by atoms with E-state index in [1.807, 2.05) is 4.90 Å². The molecule has 1 aromatic rings. The van der Waals surface area contributed by atoms with Crippen LogP contribution in [0.5, 0.6) is 0 Å². The van der Waals surface area contributed by atoms with Crippen LogP contribution in [-0.2, 0) is 10.0 Å². The highest BCUT2D eigenvalue weighted by atomic mass is 32.2. The van der Waals surface area contributed by atoms with Crippen molar-refractivity contribution in [2.24, 2.45) is 5.92 Å². The molecule has 0 aromatic heterocycles. The number of likely N-dealkylation sites (tertiary alicyclic amines) is 1. The van der Waals surface area contributed by atoms with Crippen LogP contribution in [-0.4, -0.2) is 49.7 Å². The monoisotopic (exact) mass is 336 g/mol. The molecule has 2 aliphatic rings. The van der Waals surface area contributed by atoms with Gasteiger partial charge in [0.2, 0.25) is 10.0 Å². The van der Waals surface area contributed by atoms with E-state index in [1.165, 1.54) is 0 Å². The molecule has 1 atom stereocenters. The first kappa shape index (κ1) is 16.5. The number of rotatable bonds is 3. The molecule has 23 heavy (non-hydrogen) atoms. The Hall–Kier alpha value is -1.40. The Morgan fingerprint density at radius 2 is 1.70 bits per heavy atom. The maximum absolute atomic E-state index is 12.6. The fourth-order valence-electron chi connectivity index (χ4n) is 3.33. The van der Waals surface area contributed by atoms with Crippen LogP contribution in [0.2, 0.25) is 0 Å². The molecule has 1 amide bonds. The summed E-state index contributed by atoms with van der Waals surface area (Å²) >= 11 is 0. The first-order valence-electron chi connectivity index (χ1n) is 8.38. The molecule has 2 aliphatic heterocycles. The van der Waals surface area contributed by atoms with Gasteiger partial charge in [-0.15, -0.1) is 0 Å². The second-order valence-corrected chi connectivity index (χ2v) is 8.57. The molecule has 3 rings (SSSR count). The van der Waals surface area contributed by atoms with Crippen LogP contribution >= 0.6 is 0 Å². The summed E-state index contributed by atoms with van der Waals surface area (Å²) in [6.07, 6.45) is 3.97. The molecule has 6 heteroatoms. The molecular formula is C17H24N2O3S. The van der Waals surface area contributed by atoms with E-state index >= 15 is 0 Å². The number of carbonyl (C=O) groups is 1. The average Bonchev–Trinajstić information content (AvgIpc) is 3.01. The molecule has 0 bridgehead atoms. The van der Waals surface area contributed by atoms with E-state index < -0.39 is 10.0 Å². The number of hydrogen-bond acceptors (Lipinski definition) is 3. The molecule has 0 aliphatic carbocycles. The van der Waals surface area contributed by atoms with Crippen LogP contribution in [0.4, 0.5) is 0 Å². The summed E-state index contributed by atoms with van der Waals surface area (Å²) < 4.78 is 26.7. The Morgan fingerprint density at radius 3 is 2.26 bits per heavy atom. The number of hydrogen-bond donors (Lipinski definition) is 0. The Kier molecular flexibility index (Phi) is 4.73. The zero-order valence-electron chi connectivity index (χ0n) is 13.6. The zero-order valence-corrected chi connectivity index (χ0v) is 14.4. The predicted octanol–water partition coefficient (Wildman–Crippen LogP) is 2.34. The van der Waals surface area contributed by atoms with E-state index in [2.05, 4.69) is 6.92 Å². The molecule has 126 valence electrons.